The highest BCUT2D eigenvalue weighted by molar-refractivity contribution is 6.17. The minimum atomic E-state index is -0.589. The molecule has 1 aliphatic rings. The van der Waals surface area contributed by atoms with Gasteiger partial charge >= 0.3 is 0 Å². The molecular weight excluding hydrogens is 266 g/mol. The van der Waals surface area contributed by atoms with Crippen LogP contribution in [0, 0.1) is 0 Å². The van der Waals surface area contributed by atoms with Gasteiger partial charge in [-0.3, -0.25) is 4.79 Å². The molecule has 0 aliphatic carbocycles. The lowest BCUT2D eigenvalue weighted by Gasteiger charge is -2.26. The fourth-order valence-electron chi connectivity index (χ4n) is 1.94. The largest absolute Gasteiger partial charge is 0.485 e. The monoisotopic (exact) mass is 283 g/mol. The molecule has 1 N–H and O–H groups in total. The summed E-state index contributed by atoms with van der Waals surface area (Å²) >= 11 is 5.63. The molecule has 2 atom stereocenters. The number of carbonyl (C=O) groups is 1. The van der Waals surface area contributed by atoms with Crippen molar-refractivity contribution in [2.75, 3.05) is 12.5 Å². The molecule has 19 heavy (non-hydrogen) atoms. The Kier molecular flexibility index (Phi) is 4.91. The molecule has 0 bridgehead atoms. The predicted molar refractivity (Wildman–Crippen MR) is 73.9 cm³/mol. The first-order chi connectivity index (χ1) is 9.20. The highest BCUT2D eigenvalue weighted by atomic mass is 35.5. The standard InChI is InChI=1S/C14H18ClNO3/c1-10(5-4-8-15)16-14(17)13-9-18-11-6-2-3-7-12(11)19-13/h2-3,6-7,10,13H,4-5,8-9H2,1H3,(H,16,17). The normalized spacial score (nSPS) is 18.7. The van der Waals surface area contributed by atoms with Crippen molar-refractivity contribution in [3.8, 4) is 11.5 Å². The number of hydrogen-bond acceptors (Lipinski definition) is 3. The number of ether oxygens (including phenoxy) is 2. The van der Waals surface area contributed by atoms with Crippen molar-refractivity contribution in [1.29, 1.82) is 0 Å². The lowest BCUT2D eigenvalue weighted by Crippen LogP contribution is -2.46. The zero-order valence-corrected chi connectivity index (χ0v) is 11.7. The zero-order chi connectivity index (χ0) is 13.7. The minimum Gasteiger partial charge on any atom is -0.485 e. The van der Waals surface area contributed by atoms with Gasteiger partial charge in [0.05, 0.1) is 0 Å². The van der Waals surface area contributed by atoms with Crippen molar-refractivity contribution in [3.05, 3.63) is 24.3 Å². The number of fused-ring (bicyclic) bond motifs is 1. The SMILES string of the molecule is CC(CCCCl)NC(=O)C1COc2ccccc2O1. The first kappa shape index (κ1) is 14.0. The van der Waals surface area contributed by atoms with Gasteiger partial charge in [0.25, 0.3) is 5.91 Å². The zero-order valence-electron chi connectivity index (χ0n) is 10.9. The molecule has 0 fully saturated rings. The van der Waals surface area contributed by atoms with Gasteiger partial charge < -0.3 is 14.8 Å². The van der Waals surface area contributed by atoms with Crippen molar-refractivity contribution >= 4 is 17.5 Å². The van der Waals surface area contributed by atoms with E-state index in [9.17, 15) is 4.79 Å². The van der Waals surface area contributed by atoms with E-state index in [0.717, 1.165) is 12.8 Å². The predicted octanol–water partition coefficient (Wildman–Crippen LogP) is 2.35. The topological polar surface area (TPSA) is 47.6 Å². The molecule has 0 saturated heterocycles. The maximum Gasteiger partial charge on any atom is 0.264 e. The molecule has 0 spiro atoms. The molecule has 1 aromatic rings. The Morgan fingerprint density at radius 1 is 1.47 bits per heavy atom. The van der Waals surface area contributed by atoms with Gasteiger partial charge in [0.15, 0.2) is 11.5 Å². The third kappa shape index (κ3) is 3.77. The first-order valence-electron chi connectivity index (χ1n) is 6.45. The van der Waals surface area contributed by atoms with Gasteiger partial charge in [-0.1, -0.05) is 12.1 Å². The second-order valence-corrected chi connectivity index (χ2v) is 4.98. The Morgan fingerprint density at radius 3 is 2.95 bits per heavy atom. The average Bonchev–Trinajstić information content (AvgIpc) is 2.44. The van der Waals surface area contributed by atoms with E-state index in [4.69, 9.17) is 21.1 Å². The lowest BCUT2D eigenvalue weighted by atomic mass is 10.2. The van der Waals surface area contributed by atoms with Crippen LogP contribution in [0.1, 0.15) is 19.8 Å². The second kappa shape index (κ2) is 6.66. The van der Waals surface area contributed by atoms with Crippen molar-refractivity contribution < 1.29 is 14.3 Å². The summed E-state index contributed by atoms with van der Waals surface area (Å²) in [6.07, 6.45) is 1.15. The number of amides is 1. The number of rotatable bonds is 5. The molecular formula is C14H18ClNO3. The van der Waals surface area contributed by atoms with E-state index in [1.54, 1.807) is 6.07 Å². The van der Waals surface area contributed by atoms with Crippen LogP contribution >= 0.6 is 11.6 Å². The quantitative estimate of drug-likeness (QED) is 0.844. The summed E-state index contributed by atoms with van der Waals surface area (Å²) in [6, 6.07) is 7.44. The molecule has 2 rings (SSSR count). The van der Waals surface area contributed by atoms with Crippen molar-refractivity contribution in [2.24, 2.45) is 0 Å². The van der Waals surface area contributed by atoms with Crippen molar-refractivity contribution in [3.63, 3.8) is 0 Å². The van der Waals surface area contributed by atoms with Crippen LogP contribution < -0.4 is 14.8 Å². The maximum atomic E-state index is 12.0. The second-order valence-electron chi connectivity index (χ2n) is 4.61. The van der Waals surface area contributed by atoms with E-state index in [2.05, 4.69) is 5.32 Å². The molecule has 4 nitrogen and oxygen atoms in total. The molecule has 1 heterocycles. The van der Waals surface area contributed by atoms with Gasteiger partial charge in [-0.05, 0) is 31.9 Å². The number of nitrogens with one attached hydrogen (secondary N) is 1. The van der Waals surface area contributed by atoms with E-state index in [1.807, 2.05) is 25.1 Å². The Morgan fingerprint density at radius 2 is 2.21 bits per heavy atom. The fourth-order valence-corrected chi connectivity index (χ4v) is 2.09. The highest BCUT2D eigenvalue weighted by Crippen LogP contribution is 2.30. The molecule has 0 radical (unpaired) electrons. The molecule has 0 saturated carbocycles. The summed E-state index contributed by atoms with van der Waals surface area (Å²) in [5, 5.41) is 2.91. The summed E-state index contributed by atoms with van der Waals surface area (Å²) in [5.41, 5.74) is 0. The van der Waals surface area contributed by atoms with Crippen LogP contribution in [0.25, 0.3) is 0 Å². The van der Waals surface area contributed by atoms with E-state index in [1.165, 1.54) is 0 Å². The van der Waals surface area contributed by atoms with Gasteiger partial charge in [0.2, 0.25) is 6.10 Å². The van der Waals surface area contributed by atoms with Gasteiger partial charge in [-0.15, -0.1) is 11.6 Å². The molecule has 5 heteroatoms. The summed E-state index contributed by atoms with van der Waals surface area (Å²) in [4.78, 5) is 12.0. The summed E-state index contributed by atoms with van der Waals surface area (Å²) < 4.78 is 11.1. The molecule has 0 aromatic heterocycles. The summed E-state index contributed by atoms with van der Waals surface area (Å²) in [7, 11) is 0. The molecule has 2 unspecified atom stereocenters. The van der Waals surface area contributed by atoms with Gasteiger partial charge in [-0.25, -0.2) is 0 Å². The minimum absolute atomic E-state index is 0.0898. The number of para-hydroxylation sites is 2. The molecule has 1 aromatic carbocycles. The Labute approximate surface area is 118 Å². The number of halogens is 1. The Hall–Kier alpha value is -1.42. The van der Waals surface area contributed by atoms with Gasteiger partial charge in [-0.2, -0.15) is 0 Å². The van der Waals surface area contributed by atoms with Crippen LogP contribution in [0.3, 0.4) is 0 Å². The average molecular weight is 284 g/mol. The van der Waals surface area contributed by atoms with Crippen molar-refractivity contribution in [2.45, 2.75) is 31.9 Å². The third-order valence-electron chi connectivity index (χ3n) is 2.96. The smallest absolute Gasteiger partial charge is 0.264 e. The maximum absolute atomic E-state index is 12.0. The van der Waals surface area contributed by atoms with Crippen LogP contribution in [-0.2, 0) is 4.79 Å². The number of benzene rings is 1. The van der Waals surface area contributed by atoms with Gasteiger partial charge in [0, 0.05) is 11.9 Å². The molecule has 1 aliphatic heterocycles. The Bertz CT molecular complexity index is 438. The van der Waals surface area contributed by atoms with Crippen LogP contribution in [0.4, 0.5) is 0 Å². The summed E-state index contributed by atoms with van der Waals surface area (Å²) in [5.74, 6) is 1.76. The summed E-state index contributed by atoms with van der Waals surface area (Å²) in [6.45, 7) is 2.20. The van der Waals surface area contributed by atoms with Crippen LogP contribution in [0.5, 0.6) is 11.5 Å². The van der Waals surface area contributed by atoms with E-state index in [-0.39, 0.29) is 18.6 Å². The van der Waals surface area contributed by atoms with Crippen LogP contribution in [0.15, 0.2) is 24.3 Å². The molecule has 104 valence electrons. The van der Waals surface area contributed by atoms with Crippen LogP contribution in [-0.4, -0.2) is 30.5 Å². The first-order valence-corrected chi connectivity index (χ1v) is 6.99. The third-order valence-corrected chi connectivity index (χ3v) is 3.23. The fraction of sp³-hybridized carbons (Fsp3) is 0.500. The van der Waals surface area contributed by atoms with Crippen molar-refractivity contribution in [1.82, 2.24) is 5.32 Å². The van der Waals surface area contributed by atoms with Crippen LogP contribution in [0.2, 0.25) is 0 Å². The van der Waals surface area contributed by atoms with E-state index < -0.39 is 6.10 Å². The highest BCUT2D eigenvalue weighted by Gasteiger charge is 2.27. The van der Waals surface area contributed by atoms with E-state index >= 15 is 0 Å². The Balaban J connectivity index is 1.88. The number of alkyl halides is 1. The van der Waals surface area contributed by atoms with Gasteiger partial charge in [0.1, 0.15) is 6.61 Å². The number of carbonyl (C=O) groups excluding carboxylic acids is 1. The molecule has 1 amide bonds. The number of hydrogen-bond donors (Lipinski definition) is 1. The van der Waals surface area contributed by atoms with E-state index in [0.29, 0.717) is 17.4 Å². The lowest BCUT2D eigenvalue weighted by molar-refractivity contribution is -0.131.